The van der Waals surface area contributed by atoms with Crippen molar-refractivity contribution >= 4 is 32.6 Å². The molecule has 1 saturated heterocycles. The molecule has 1 aliphatic heterocycles. The summed E-state index contributed by atoms with van der Waals surface area (Å²) in [6.45, 7) is 2.86. The molecule has 1 aliphatic rings. The minimum atomic E-state index is -3.75. The van der Waals surface area contributed by atoms with Gasteiger partial charge in [-0.05, 0) is 43.5 Å². The van der Waals surface area contributed by atoms with Crippen LogP contribution in [-0.4, -0.2) is 49.5 Å². The van der Waals surface area contributed by atoms with Crippen LogP contribution >= 0.6 is 0 Å². The number of benzene rings is 2. The fourth-order valence-electron chi connectivity index (χ4n) is 4.37. The monoisotopic (exact) mass is 486 g/mol. The summed E-state index contributed by atoms with van der Waals surface area (Å²) in [5.74, 6) is -1.52. The number of fused-ring (bicyclic) bond motifs is 1. The van der Waals surface area contributed by atoms with Gasteiger partial charge in [0.05, 0.1) is 23.2 Å². The first-order valence-electron chi connectivity index (χ1n) is 11.3. The van der Waals surface area contributed by atoms with Gasteiger partial charge in [-0.2, -0.15) is 0 Å². The lowest BCUT2D eigenvalue weighted by atomic mass is 9.98. The highest BCUT2D eigenvalue weighted by Gasteiger charge is 2.30. The summed E-state index contributed by atoms with van der Waals surface area (Å²) >= 11 is 0. The second kappa shape index (κ2) is 9.97. The van der Waals surface area contributed by atoms with E-state index in [9.17, 15) is 22.4 Å². The molecule has 1 amide bonds. The van der Waals surface area contributed by atoms with Gasteiger partial charge < -0.3 is 14.2 Å². The van der Waals surface area contributed by atoms with Gasteiger partial charge in [0.1, 0.15) is 12.4 Å². The molecule has 7 nitrogen and oxygen atoms in total. The summed E-state index contributed by atoms with van der Waals surface area (Å²) in [5, 5.41) is 0.528. The fourth-order valence-corrected chi connectivity index (χ4v) is 5.95. The Labute approximate surface area is 198 Å². The Hall–Kier alpha value is -3.20. The molecule has 0 spiro atoms. The Balaban J connectivity index is 1.57. The van der Waals surface area contributed by atoms with Crippen LogP contribution < -0.4 is 0 Å². The van der Waals surface area contributed by atoms with Crippen molar-refractivity contribution in [3.8, 4) is 0 Å². The van der Waals surface area contributed by atoms with E-state index in [1.54, 1.807) is 40.7 Å². The Morgan fingerprint density at radius 3 is 2.59 bits per heavy atom. The number of sulfone groups is 1. The van der Waals surface area contributed by atoms with Gasteiger partial charge in [0.15, 0.2) is 9.84 Å². The number of amides is 1. The number of esters is 1. The average molecular weight is 487 g/mol. The minimum absolute atomic E-state index is 0.0396. The van der Waals surface area contributed by atoms with Crippen LogP contribution in [0.4, 0.5) is 4.39 Å². The number of nitrogens with zero attached hydrogens (tertiary/aromatic N) is 2. The van der Waals surface area contributed by atoms with E-state index in [2.05, 4.69) is 0 Å². The molecule has 0 aliphatic carbocycles. The number of carbonyl (C=O) groups excluding carboxylic acids is 2. The molecule has 9 heteroatoms. The zero-order chi connectivity index (χ0) is 24.3. The van der Waals surface area contributed by atoms with Crippen molar-refractivity contribution in [2.24, 2.45) is 5.92 Å². The molecule has 180 valence electrons. The first-order valence-corrected chi connectivity index (χ1v) is 12.9. The molecule has 1 atom stereocenters. The van der Waals surface area contributed by atoms with E-state index in [1.165, 1.54) is 30.5 Å². The number of hydrogen-bond acceptors (Lipinski definition) is 5. The molecule has 1 fully saturated rings. The number of hydrogen-bond donors (Lipinski definition) is 0. The van der Waals surface area contributed by atoms with Crippen molar-refractivity contribution < 1.29 is 27.1 Å². The lowest BCUT2D eigenvalue weighted by Gasteiger charge is -2.31. The zero-order valence-corrected chi connectivity index (χ0v) is 19.8. The van der Waals surface area contributed by atoms with Crippen LogP contribution in [0.3, 0.4) is 0 Å². The lowest BCUT2D eigenvalue weighted by molar-refractivity contribution is -0.151. The SMILES string of the molecule is CCOC(=O)C1CCCN(C(=O)Cn2cc(S(=O)(=O)Cc3ccc(F)cc3)c3ccccc32)C1. The van der Waals surface area contributed by atoms with Gasteiger partial charge in [-0.25, -0.2) is 12.8 Å². The van der Waals surface area contributed by atoms with Crippen LogP contribution in [-0.2, 0) is 36.5 Å². The number of carbonyl (C=O) groups is 2. The Bertz CT molecular complexity index is 1300. The van der Waals surface area contributed by atoms with Gasteiger partial charge in [0, 0.05) is 30.2 Å². The standard InChI is InChI=1S/C25H27FN2O5S/c1-2-33-25(30)19-6-5-13-27(14-19)24(29)16-28-15-23(21-7-3-4-8-22(21)28)34(31,32)17-18-9-11-20(26)12-10-18/h3-4,7-12,15,19H,2,5-6,13-14,16-17H2,1H3. The topological polar surface area (TPSA) is 85.7 Å². The van der Waals surface area contributed by atoms with E-state index in [4.69, 9.17) is 4.74 Å². The largest absolute Gasteiger partial charge is 0.466 e. The molecule has 4 rings (SSSR count). The summed E-state index contributed by atoms with van der Waals surface area (Å²) in [6, 6.07) is 12.4. The summed E-state index contributed by atoms with van der Waals surface area (Å²) in [5.41, 5.74) is 1.11. The summed E-state index contributed by atoms with van der Waals surface area (Å²) in [4.78, 5) is 27.0. The molecule has 0 bridgehead atoms. The Morgan fingerprint density at radius 1 is 1.12 bits per heavy atom. The summed E-state index contributed by atoms with van der Waals surface area (Å²) in [6.07, 6.45) is 2.88. The van der Waals surface area contributed by atoms with E-state index >= 15 is 0 Å². The molecular formula is C25H27FN2O5S. The van der Waals surface area contributed by atoms with Gasteiger partial charge in [-0.1, -0.05) is 30.3 Å². The highest BCUT2D eigenvalue weighted by atomic mass is 32.2. The van der Waals surface area contributed by atoms with E-state index < -0.39 is 15.7 Å². The summed E-state index contributed by atoms with van der Waals surface area (Å²) in [7, 11) is -3.75. The number of para-hydroxylation sites is 1. The van der Waals surface area contributed by atoms with Crippen molar-refractivity contribution in [2.75, 3.05) is 19.7 Å². The molecule has 2 heterocycles. The number of ether oxygens (including phenoxy) is 1. The minimum Gasteiger partial charge on any atom is -0.466 e. The third-order valence-electron chi connectivity index (χ3n) is 6.06. The number of halogens is 1. The highest BCUT2D eigenvalue weighted by molar-refractivity contribution is 7.90. The number of piperidine rings is 1. The fraction of sp³-hybridized carbons (Fsp3) is 0.360. The van der Waals surface area contributed by atoms with Crippen LogP contribution in [0.1, 0.15) is 25.3 Å². The molecule has 0 radical (unpaired) electrons. The first kappa shape index (κ1) is 23.9. The van der Waals surface area contributed by atoms with Gasteiger partial charge in [-0.3, -0.25) is 9.59 Å². The number of rotatable bonds is 7. The third-order valence-corrected chi connectivity index (χ3v) is 7.77. The number of likely N-dealkylation sites (tertiary alicyclic amines) is 1. The average Bonchev–Trinajstić information content (AvgIpc) is 3.20. The Morgan fingerprint density at radius 2 is 1.85 bits per heavy atom. The second-order valence-electron chi connectivity index (χ2n) is 8.45. The van der Waals surface area contributed by atoms with Crippen LogP contribution in [0.25, 0.3) is 10.9 Å². The third kappa shape index (κ3) is 5.14. The lowest BCUT2D eigenvalue weighted by Crippen LogP contribution is -2.44. The van der Waals surface area contributed by atoms with E-state index in [0.717, 1.165) is 0 Å². The van der Waals surface area contributed by atoms with Crippen LogP contribution in [0.5, 0.6) is 0 Å². The maximum absolute atomic E-state index is 13.2. The quantitative estimate of drug-likeness (QED) is 0.477. The maximum Gasteiger partial charge on any atom is 0.310 e. The van der Waals surface area contributed by atoms with Crippen molar-refractivity contribution in [1.29, 1.82) is 0 Å². The van der Waals surface area contributed by atoms with Crippen LogP contribution in [0, 0.1) is 11.7 Å². The highest BCUT2D eigenvalue weighted by Crippen LogP contribution is 2.28. The molecule has 34 heavy (non-hydrogen) atoms. The van der Waals surface area contributed by atoms with E-state index in [1.807, 2.05) is 0 Å². The van der Waals surface area contributed by atoms with Gasteiger partial charge in [-0.15, -0.1) is 0 Å². The molecule has 0 saturated carbocycles. The smallest absolute Gasteiger partial charge is 0.310 e. The van der Waals surface area contributed by atoms with Gasteiger partial charge in [0.25, 0.3) is 0 Å². The number of aromatic nitrogens is 1. The van der Waals surface area contributed by atoms with Crippen molar-refractivity contribution in [3.05, 3.63) is 66.1 Å². The van der Waals surface area contributed by atoms with Gasteiger partial charge in [0.2, 0.25) is 5.91 Å². The second-order valence-corrected chi connectivity index (χ2v) is 10.4. The summed E-state index contributed by atoms with van der Waals surface area (Å²) < 4.78 is 46.4. The van der Waals surface area contributed by atoms with Crippen molar-refractivity contribution in [3.63, 3.8) is 0 Å². The predicted octanol–water partition coefficient (Wildman–Crippen LogP) is 3.56. The molecular weight excluding hydrogens is 459 g/mol. The predicted molar refractivity (Wildman–Crippen MR) is 125 cm³/mol. The van der Waals surface area contributed by atoms with Crippen molar-refractivity contribution in [1.82, 2.24) is 9.47 Å². The van der Waals surface area contributed by atoms with E-state index in [0.29, 0.717) is 49.0 Å². The van der Waals surface area contributed by atoms with Crippen molar-refractivity contribution in [2.45, 2.75) is 37.0 Å². The molecule has 2 aromatic carbocycles. The Kier molecular flexibility index (Phi) is 7.02. The van der Waals surface area contributed by atoms with Crippen LogP contribution in [0.15, 0.2) is 59.6 Å². The molecule has 1 unspecified atom stereocenters. The molecule has 3 aromatic rings. The molecule has 1 aromatic heterocycles. The maximum atomic E-state index is 13.2. The molecule has 0 N–H and O–H groups in total. The normalized spacial score (nSPS) is 16.5. The first-order chi connectivity index (χ1) is 16.3. The van der Waals surface area contributed by atoms with Gasteiger partial charge >= 0.3 is 5.97 Å². The van der Waals surface area contributed by atoms with Crippen LogP contribution in [0.2, 0.25) is 0 Å². The van der Waals surface area contributed by atoms with E-state index in [-0.39, 0.29) is 35.0 Å². The zero-order valence-electron chi connectivity index (χ0n) is 18.9.